The maximum atomic E-state index is 9.58. The zero-order chi connectivity index (χ0) is 12.8. The lowest BCUT2D eigenvalue weighted by atomic mass is 10.1. The standard InChI is InChI=1S/C14H20BrNO/c1-4-8-16(9-5-2)12-6-7-13(11(3)17)14(15)10-12/h4,6-7,10-11,17H,1,5,8-9H2,2-3H3/t11-/m0/s1. The molecule has 0 aliphatic rings. The summed E-state index contributed by atoms with van der Waals surface area (Å²) < 4.78 is 0.954. The second-order valence-electron chi connectivity index (χ2n) is 4.12. The molecule has 0 fully saturated rings. The van der Waals surface area contributed by atoms with Crippen molar-refractivity contribution in [3.63, 3.8) is 0 Å². The van der Waals surface area contributed by atoms with Gasteiger partial charge in [0.15, 0.2) is 0 Å². The fraction of sp³-hybridized carbons (Fsp3) is 0.429. The summed E-state index contributed by atoms with van der Waals surface area (Å²) in [6.45, 7) is 9.56. The molecule has 17 heavy (non-hydrogen) atoms. The monoisotopic (exact) mass is 297 g/mol. The second-order valence-corrected chi connectivity index (χ2v) is 4.97. The Hall–Kier alpha value is -0.800. The molecule has 0 aliphatic carbocycles. The molecule has 0 aliphatic heterocycles. The van der Waals surface area contributed by atoms with Gasteiger partial charge in [0.05, 0.1) is 6.10 Å². The van der Waals surface area contributed by atoms with Crippen LogP contribution in [0.4, 0.5) is 5.69 Å². The highest BCUT2D eigenvalue weighted by Gasteiger charge is 2.09. The van der Waals surface area contributed by atoms with Crippen LogP contribution in [0.5, 0.6) is 0 Å². The summed E-state index contributed by atoms with van der Waals surface area (Å²) >= 11 is 3.51. The zero-order valence-corrected chi connectivity index (χ0v) is 12.1. The van der Waals surface area contributed by atoms with Crippen molar-refractivity contribution in [1.29, 1.82) is 0 Å². The Morgan fingerprint density at radius 1 is 1.53 bits per heavy atom. The van der Waals surface area contributed by atoms with E-state index in [-0.39, 0.29) is 0 Å². The van der Waals surface area contributed by atoms with Crippen LogP contribution in [-0.4, -0.2) is 18.2 Å². The Bertz CT molecular complexity index is 376. The van der Waals surface area contributed by atoms with E-state index in [1.54, 1.807) is 6.92 Å². The van der Waals surface area contributed by atoms with Gasteiger partial charge in [-0.3, -0.25) is 0 Å². The topological polar surface area (TPSA) is 23.5 Å². The molecule has 1 rings (SSSR count). The maximum Gasteiger partial charge on any atom is 0.0772 e. The first-order chi connectivity index (χ1) is 8.10. The zero-order valence-electron chi connectivity index (χ0n) is 10.5. The van der Waals surface area contributed by atoms with E-state index >= 15 is 0 Å². The Balaban J connectivity index is 2.97. The van der Waals surface area contributed by atoms with Gasteiger partial charge in [0.2, 0.25) is 0 Å². The van der Waals surface area contributed by atoms with Crippen LogP contribution in [0.2, 0.25) is 0 Å². The molecule has 0 unspecified atom stereocenters. The van der Waals surface area contributed by atoms with Crippen LogP contribution in [0, 0.1) is 0 Å². The van der Waals surface area contributed by atoms with Gasteiger partial charge in [-0.25, -0.2) is 0 Å². The van der Waals surface area contributed by atoms with E-state index in [9.17, 15) is 5.11 Å². The molecule has 0 amide bonds. The van der Waals surface area contributed by atoms with Gasteiger partial charge in [0, 0.05) is 23.2 Å². The molecule has 0 saturated carbocycles. The molecule has 1 atom stereocenters. The smallest absolute Gasteiger partial charge is 0.0772 e. The number of anilines is 1. The van der Waals surface area contributed by atoms with Crippen LogP contribution in [0.15, 0.2) is 35.3 Å². The Morgan fingerprint density at radius 2 is 2.24 bits per heavy atom. The molecular formula is C14H20BrNO. The summed E-state index contributed by atoms with van der Waals surface area (Å²) in [7, 11) is 0. The Morgan fingerprint density at radius 3 is 2.71 bits per heavy atom. The molecule has 0 heterocycles. The molecule has 1 aromatic rings. The van der Waals surface area contributed by atoms with Crippen molar-refractivity contribution < 1.29 is 5.11 Å². The fourth-order valence-electron chi connectivity index (χ4n) is 1.80. The molecule has 0 radical (unpaired) electrons. The lowest BCUT2D eigenvalue weighted by molar-refractivity contribution is 0.198. The summed E-state index contributed by atoms with van der Waals surface area (Å²) in [6.07, 6.45) is 2.56. The van der Waals surface area contributed by atoms with Crippen molar-refractivity contribution in [2.75, 3.05) is 18.0 Å². The van der Waals surface area contributed by atoms with Gasteiger partial charge in [0.25, 0.3) is 0 Å². The van der Waals surface area contributed by atoms with E-state index in [1.807, 2.05) is 18.2 Å². The summed E-state index contributed by atoms with van der Waals surface area (Å²) in [4.78, 5) is 2.27. The fourth-order valence-corrected chi connectivity index (χ4v) is 2.50. The van der Waals surface area contributed by atoms with Crippen LogP contribution in [0.1, 0.15) is 31.9 Å². The predicted octanol–water partition coefficient (Wildman–Crippen LogP) is 3.90. The largest absolute Gasteiger partial charge is 0.389 e. The third-order valence-electron chi connectivity index (χ3n) is 2.64. The van der Waals surface area contributed by atoms with Crippen molar-refractivity contribution >= 4 is 21.6 Å². The number of aliphatic hydroxyl groups is 1. The van der Waals surface area contributed by atoms with E-state index in [1.165, 1.54) is 0 Å². The molecule has 0 bridgehead atoms. The molecule has 1 aromatic carbocycles. The minimum absolute atomic E-state index is 0.447. The lowest BCUT2D eigenvalue weighted by Gasteiger charge is -2.23. The molecule has 3 heteroatoms. The quantitative estimate of drug-likeness (QED) is 0.805. The minimum atomic E-state index is -0.447. The molecule has 0 spiro atoms. The predicted molar refractivity (Wildman–Crippen MR) is 77.5 cm³/mol. The third kappa shape index (κ3) is 3.86. The highest BCUT2D eigenvalue weighted by molar-refractivity contribution is 9.10. The first-order valence-corrected chi connectivity index (χ1v) is 6.72. The van der Waals surface area contributed by atoms with Gasteiger partial charge in [0.1, 0.15) is 0 Å². The minimum Gasteiger partial charge on any atom is -0.389 e. The number of halogens is 1. The first-order valence-electron chi connectivity index (χ1n) is 5.93. The highest BCUT2D eigenvalue weighted by atomic mass is 79.9. The molecule has 0 saturated heterocycles. The number of rotatable bonds is 6. The van der Waals surface area contributed by atoms with E-state index < -0.39 is 6.10 Å². The van der Waals surface area contributed by atoms with E-state index in [2.05, 4.69) is 40.4 Å². The van der Waals surface area contributed by atoms with Crippen LogP contribution in [-0.2, 0) is 0 Å². The molecule has 2 nitrogen and oxygen atoms in total. The van der Waals surface area contributed by atoms with Crippen LogP contribution >= 0.6 is 15.9 Å². The summed E-state index contributed by atoms with van der Waals surface area (Å²) in [5.41, 5.74) is 2.08. The van der Waals surface area contributed by atoms with E-state index in [0.29, 0.717) is 0 Å². The van der Waals surface area contributed by atoms with Crippen molar-refractivity contribution in [2.24, 2.45) is 0 Å². The summed E-state index contributed by atoms with van der Waals surface area (Å²) in [6, 6.07) is 6.07. The highest BCUT2D eigenvalue weighted by Crippen LogP contribution is 2.28. The van der Waals surface area contributed by atoms with E-state index in [4.69, 9.17) is 0 Å². The third-order valence-corrected chi connectivity index (χ3v) is 3.33. The average Bonchev–Trinajstić information content (AvgIpc) is 2.28. The van der Waals surface area contributed by atoms with Crippen LogP contribution < -0.4 is 4.90 Å². The number of hydrogen-bond acceptors (Lipinski definition) is 2. The van der Waals surface area contributed by atoms with Crippen molar-refractivity contribution in [1.82, 2.24) is 0 Å². The summed E-state index contributed by atoms with van der Waals surface area (Å²) in [5.74, 6) is 0. The van der Waals surface area contributed by atoms with Crippen LogP contribution in [0.25, 0.3) is 0 Å². The van der Waals surface area contributed by atoms with Crippen molar-refractivity contribution in [2.45, 2.75) is 26.4 Å². The molecule has 0 aromatic heterocycles. The van der Waals surface area contributed by atoms with E-state index in [0.717, 1.165) is 35.2 Å². The number of hydrogen-bond donors (Lipinski definition) is 1. The maximum absolute atomic E-state index is 9.58. The normalized spacial score (nSPS) is 12.2. The molecular weight excluding hydrogens is 278 g/mol. The van der Waals surface area contributed by atoms with Crippen molar-refractivity contribution in [3.05, 3.63) is 40.9 Å². The first kappa shape index (κ1) is 14.3. The van der Waals surface area contributed by atoms with Gasteiger partial charge in [-0.15, -0.1) is 6.58 Å². The van der Waals surface area contributed by atoms with Crippen molar-refractivity contribution in [3.8, 4) is 0 Å². The van der Waals surface area contributed by atoms with Gasteiger partial charge in [-0.05, 0) is 31.0 Å². The average molecular weight is 298 g/mol. The number of benzene rings is 1. The lowest BCUT2D eigenvalue weighted by Crippen LogP contribution is -2.23. The number of nitrogens with zero attached hydrogens (tertiary/aromatic N) is 1. The van der Waals surface area contributed by atoms with Crippen LogP contribution in [0.3, 0.4) is 0 Å². The van der Waals surface area contributed by atoms with Gasteiger partial charge >= 0.3 is 0 Å². The molecule has 1 N–H and O–H groups in total. The number of aliphatic hydroxyl groups excluding tert-OH is 1. The summed E-state index contributed by atoms with van der Waals surface area (Å²) in [5, 5.41) is 9.58. The van der Waals surface area contributed by atoms with Gasteiger partial charge in [-0.2, -0.15) is 0 Å². The Kier molecular flexibility index (Phi) is 5.72. The molecule has 94 valence electrons. The Labute approximate surface area is 112 Å². The second kappa shape index (κ2) is 6.82. The van der Waals surface area contributed by atoms with Gasteiger partial charge in [-0.1, -0.05) is 35.0 Å². The van der Waals surface area contributed by atoms with Gasteiger partial charge < -0.3 is 10.0 Å². The SMILES string of the molecule is C=CCN(CCC)c1ccc([C@H](C)O)c(Br)c1.